The first-order valence-electron chi connectivity index (χ1n) is 6.08. The maximum absolute atomic E-state index is 14.6. The summed E-state index contributed by atoms with van der Waals surface area (Å²) >= 11 is 0. The zero-order chi connectivity index (χ0) is 14.2. The van der Waals surface area contributed by atoms with Crippen molar-refractivity contribution in [2.24, 2.45) is 0 Å². The fraction of sp³-hybridized carbons (Fsp3) is 0.429. The molecule has 0 N–H and O–H groups in total. The van der Waals surface area contributed by atoms with Gasteiger partial charge in [0.2, 0.25) is 5.78 Å². The van der Waals surface area contributed by atoms with Gasteiger partial charge in [0.15, 0.2) is 0 Å². The molecule has 0 amide bonds. The summed E-state index contributed by atoms with van der Waals surface area (Å²) in [6, 6.07) is 3.62. The Kier molecular flexibility index (Phi) is 3.39. The van der Waals surface area contributed by atoms with Gasteiger partial charge in [-0.05, 0) is 38.0 Å². The SMILES string of the molecule is CC(C)OC(=O)C1(F)CCc2ccc(F)cc2C1=O. The summed E-state index contributed by atoms with van der Waals surface area (Å²) in [7, 11) is 0. The average Bonchev–Trinajstić information content (AvgIpc) is 2.34. The second kappa shape index (κ2) is 4.72. The van der Waals surface area contributed by atoms with E-state index in [1.165, 1.54) is 12.1 Å². The lowest BCUT2D eigenvalue weighted by atomic mass is 9.80. The molecule has 102 valence electrons. The van der Waals surface area contributed by atoms with Gasteiger partial charge in [-0.1, -0.05) is 6.07 Å². The number of hydrogen-bond donors (Lipinski definition) is 0. The molecule has 1 unspecified atom stereocenters. The Labute approximate surface area is 109 Å². The maximum atomic E-state index is 14.6. The van der Waals surface area contributed by atoms with E-state index in [2.05, 4.69) is 0 Å². The molecule has 0 radical (unpaired) electrons. The van der Waals surface area contributed by atoms with Crippen LogP contribution in [0.5, 0.6) is 0 Å². The number of aryl methyl sites for hydroxylation is 1. The van der Waals surface area contributed by atoms with Crippen molar-refractivity contribution in [2.75, 3.05) is 0 Å². The highest BCUT2D eigenvalue weighted by atomic mass is 19.1. The minimum Gasteiger partial charge on any atom is -0.460 e. The molecule has 1 aromatic carbocycles. The summed E-state index contributed by atoms with van der Waals surface area (Å²) in [5.74, 6) is -2.84. The van der Waals surface area contributed by atoms with Crippen LogP contribution in [-0.4, -0.2) is 23.5 Å². The highest BCUT2D eigenvalue weighted by Crippen LogP contribution is 2.33. The first kappa shape index (κ1) is 13.6. The van der Waals surface area contributed by atoms with Crippen molar-refractivity contribution in [2.45, 2.75) is 38.5 Å². The first-order chi connectivity index (χ1) is 8.84. The Morgan fingerprint density at radius 2 is 2.11 bits per heavy atom. The molecule has 0 aromatic heterocycles. The molecule has 0 heterocycles. The zero-order valence-corrected chi connectivity index (χ0v) is 10.7. The number of rotatable bonds is 2. The minimum absolute atomic E-state index is 0.0746. The number of benzene rings is 1. The van der Waals surface area contributed by atoms with Crippen LogP contribution < -0.4 is 0 Å². The molecule has 1 aliphatic carbocycles. The van der Waals surface area contributed by atoms with Crippen molar-refractivity contribution < 1.29 is 23.1 Å². The fourth-order valence-electron chi connectivity index (χ4n) is 2.11. The Hall–Kier alpha value is -1.78. The summed E-state index contributed by atoms with van der Waals surface area (Å²) in [5, 5.41) is 0. The second-order valence-electron chi connectivity index (χ2n) is 4.89. The molecule has 5 heteroatoms. The Morgan fingerprint density at radius 1 is 1.42 bits per heavy atom. The highest BCUT2D eigenvalue weighted by molar-refractivity contribution is 6.16. The van der Waals surface area contributed by atoms with E-state index in [4.69, 9.17) is 4.74 Å². The van der Waals surface area contributed by atoms with Gasteiger partial charge < -0.3 is 4.74 Å². The Bertz CT molecular complexity index is 539. The third kappa shape index (κ3) is 2.37. The van der Waals surface area contributed by atoms with Gasteiger partial charge in [-0.3, -0.25) is 4.79 Å². The number of hydrogen-bond acceptors (Lipinski definition) is 3. The Morgan fingerprint density at radius 3 is 2.74 bits per heavy atom. The van der Waals surface area contributed by atoms with E-state index < -0.39 is 29.3 Å². The normalized spacial score (nSPS) is 22.3. The van der Waals surface area contributed by atoms with Crippen LogP contribution in [0.25, 0.3) is 0 Å². The van der Waals surface area contributed by atoms with Gasteiger partial charge in [0.05, 0.1) is 6.10 Å². The van der Waals surface area contributed by atoms with Crippen molar-refractivity contribution in [3.8, 4) is 0 Å². The average molecular weight is 268 g/mol. The summed E-state index contributed by atoms with van der Waals surface area (Å²) in [6.45, 7) is 3.14. The van der Waals surface area contributed by atoms with Crippen molar-refractivity contribution >= 4 is 11.8 Å². The standard InChI is InChI=1S/C14H14F2O3/c1-8(2)19-13(18)14(16)6-5-9-3-4-10(15)7-11(9)12(14)17/h3-4,7-8H,5-6H2,1-2H3. The lowest BCUT2D eigenvalue weighted by Crippen LogP contribution is -2.47. The van der Waals surface area contributed by atoms with Gasteiger partial charge in [0.25, 0.3) is 5.67 Å². The van der Waals surface area contributed by atoms with Crippen LogP contribution in [0.4, 0.5) is 8.78 Å². The summed E-state index contributed by atoms with van der Waals surface area (Å²) < 4.78 is 32.5. The minimum atomic E-state index is -2.70. The topological polar surface area (TPSA) is 43.4 Å². The van der Waals surface area contributed by atoms with E-state index in [0.29, 0.717) is 5.56 Å². The van der Waals surface area contributed by atoms with Crippen molar-refractivity contribution in [3.05, 3.63) is 35.1 Å². The maximum Gasteiger partial charge on any atom is 0.352 e. The van der Waals surface area contributed by atoms with Gasteiger partial charge >= 0.3 is 5.97 Å². The number of ketones is 1. The molecule has 0 fully saturated rings. The third-order valence-corrected chi connectivity index (χ3v) is 3.08. The van der Waals surface area contributed by atoms with E-state index in [1.54, 1.807) is 13.8 Å². The summed E-state index contributed by atoms with van der Waals surface area (Å²) in [4.78, 5) is 23.8. The molecule has 0 saturated heterocycles. The lowest BCUT2D eigenvalue weighted by molar-refractivity contribution is -0.158. The molecule has 0 saturated carbocycles. The van der Waals surface area contributed by atoms with Crippen molar-refractivity contribution in [3.63, 3.8) is 0 Å². The van der Waals surface area contributed by atoms with E-state index in [9.17, 15) is 18.4 Å². The van der Waals surface area contributed by atoms with Gasteiger partial charge in [-0.25, -0.2) is 13.6 Å². The number of alkyl halides is 1. The molecule has 3 nitrogen and oxygen atoms in total. The molecule has 0 spiro atoms. The molecule has 2 rings (SSSR count). The highest BCUT2D eigenvalue weighted by Gasteiger charge is 2.51. The number of carbonyl (C=O) groups is 2. The monoisotopic (exact) mass is 268 g/mol. The smallest absolute Gasteiger partial charge is 0.352 e. The van der Waals surface area contributed by atoms with E-state index >= 15 is 0 Å². The quantitative estimate of drug-likeness (QED) is 0.611. The number of Topliss-reactive ketones (excluding diaryl/α,β-unsaturated/α-hetero) is 1. The number of esters is 1. The van der Waals surface area contributed by atoms with Gasteiger partial charge in [0, 0.05) is 12.0 Å². The number of carbonyl (C=O) groups excluding carboxylic acids is 2. The van der Waals surface area contributed by atoms with Gasteiger partial charge in [0.1, 0.15) is 5.82 Å². The predicted molar refractivity (Wildman–Crippen MR) is 64.1 cm³/mol. The zero-order valence-electron chi connectivity index (χ0n) is 10.7. The fourth-order valence-corrected chi connectivity index (χ4v) is 2.11. The van der Waals surface area contributed by atoms with E-state index in [1.807, 2.05) is 0 Å². The van der Waals surface area contributed by atoms with Crippen LogP contribution in [0.2, 0.25) is 0 Å². The van der Waals surface area contributed by atoms with Gasteiger partial charge in [-0.15, -0.1) is 0 Å². The molecule has 19 heavy (non-hydrogen) atoms. The van der Waals surface area contributed by atoms with Crippen LogP contribution in [0.1, 0.15) is 36.2 Å². The largest absolute Gasteiger partial charge is 0.460 e. The third-order valence-electron chi connectivity index (χ3n) is 3.08. The molecular weight excluding hydrogens is 254 g/mol. The molecular formula is C14H14F2O3. The Balaban J connectivity index is 2.37. The summed E-state index contributed by atoms with van der Waals surface area (Å²) in [5.41, 5.74) is -2.23. The lowest BCUT2D eigenvalue weighted by Gasteiger charge is -2.28. The molecule has 1 atom stereocenters. The molecule has 0 aliphatic heterocycles. The molecule has 0 bridgehead atoms. The number of ether oxygens (including phenoxy) is 1. The number of fused-ring (bicyclic) bond motifs is 1. The van der Waals surface area contributed by atoms with Crippen molar-refractivity contribution in [1.29, 1.82) is 0 Å². The van der Waals surface area contributed by atoms with E-state index in [-0.39, 0.29) is 18.4 Å². The second-order valence-corrected chi connectivity index (χ2v) is 4.89. The first-order valence-corrected chi connectivity index (χ1v) is 6.08. The van der Waals surface area contributed by atoms with Crippen LogP contribution in [0, 0.1) is 5.82 Å². The van der Waals surface area contributed by atoms with Crippen molar-refractivity contribution in [1.82, 2.24) is 0 Å². The molecule has 1 aliphatic rings. The summed E-state index contributed by atoms with van der Waals surface area (Å²) in [6.07, 6.45) is -0.581. The predicted octanol–water partition coefficient (Wildman–Crippen LogP) is 2.61. The van der Waals surface area contributed by atoms with Crippen LogP contribution in [0.3, 0.4) is 0 Å². The van der Waals surface area contributed by atoms with Gasteiger partial charge in [-0.2, -0.15) is 0 Å². The van der Waals surface area contributed by atoms with Crippen LogP contribution >= 0.6 is 0 Å². The molecule has 1 aromatic rings. The van der Waals surface area contributed by atoms with Crippen LogP contribution in [-0.2, 0) is 16.0 Å². The van der Waals surface area contributed by atoms with E-state index in [0.717, 1.165) is 6.07 Å². The van der Waals surface area contributed by atoms with Crippen LogP contribution in [0.15, 0.2) is 18.2 Å². The number of halogens is 2.